The Morgan fingerprint density at radius 3 is 1.67 bits per heavy atom. The summed E-state index contributed by atoms with van der Waals surface area (Å²) in [5, 5.41) is 116. The van der Waals surface area contributed by atoms with Crippen molar-refractivity contribution in [2.24, 2.45) is 75.2 Å². The van der Waals surface area contributed by atoms with Gasteiger partial charge in [0.05, 0.1) is 65.2 Å². The van der Waals surface area contributed by atoms with E-state index in [1.54, 1.807) is 72.6 Å². The van der Waals surface area contributed by atoms with Crippen LogP contribution in [-0.4, -0.2) is 317 Å². The van der Waals surface area contributed by atoms with Crippen LogP contribution in [0.2, 0.25) is 0 Å². The molecule has 792 valence electrons. The molecule has 29 N–H and O–H groups in total. The molecule has 2 aromatic rings. The fourth-order valence-corrected chi connectivity index (χ4v) is 16.7. The highest BCUT2D eigenvalue weighted by Gasteiger charge is 2.51. The number of carbonyl (C=O) groups is 14. The number of ether oxygens (including phenoxy) is 4. The second-order valence-corrected chi connectivity index (χ2v) is 38.1. The number of piperazine rings is 1. The highest BCUT2D eigenvalue weighted by Crippen LogP contribution is 2.55. The van der Waals surface area contributed by atoms with Crippen LogP contribution in [0.3, 0.4) is 0 Å². The van der Waals surface area contributed by atoms with Gasteiger partial charge in [-0.1, -0.05) is 107 Å². The average molecular weight is 1990 g/mol. The third kappa shape index (κ3) is 34.8. The molecule has 45 nitrogen and oxygen atoms in total. The number of hydrogen-bond donors (Lipinski definition) is 24. The smallest absolute Gasteiger partial charge is 0.312 e. The number of methoxy groups -OCH3 is 1. The zero-order chi connectivity index (χ0) is 106. The Balaban J connectivity index is 0.000000522. The maximum absolute atomic E-state index is 14.4. The van der Waals surface area contributed by atoms with E-state index < -0.39 is 239 Å². The SMILES string of the molecule is CCC(C)CCCCC(=O)N[C@@H](CCN)C(=O)N[C@H](C(=O)N[C@@H](CCN)C(=O)N[C@H]1CCNC(=O)[C@H]([C@@H](C)O)NC(=O)[C@H](CCN)NC(=O)[C@H](CCN)NC(=O)[C@H](CC(C)C)NC(=O)[C@@H](CC(C)C)NC(=O)[C@H](CCN)NC1=O)[C@@H](C)O.CO[C@H]1/C=C/O[C@@]2(C)Oc3c(C)c(O)c4c(O)c(c(/C=N/N5CCN(C)CC5)c(O)c4c3C2=O)NC(=O)/C(C)=C\C=C\[C@H](C)[C@H](O)[C@@H](C)[C@@H](O)[C@@H](C)[C@H](OC(C)=O)[C@@H]1C. The van der Waals surface area contributed by atoms with Crippen molar-refractivity contribution in [3.8, 4) is 23.0 Å². The number of ketones is 1. The highest BCUT2D eigenvalue weighted by molar-refractivity contribution is 6.24. The van der Waals surface area contributed by atoms with E-state index in [0.29, 0.717) is 25.4 Å². The van der Waals surface area contributed by atoms with Crippen molar-refractivity contribution >= 4 is 105 Å². The number of anilines is 1. The molecule has 0 spiro atoms. The molecule has 2 saturated heterocycles. The maximum Gasteiger partial charge on any atom is 0.312 e. The Labute approximate surface area is 824 Å². The van der Waals surface area contributed by atoms with Gasteiger partial charge in [-0.25, -0.2) is 0 Å². The summed E-state index contributed by atoms with van der Waals surface area (Å²) in [6.07, 6.45) is 4.10. The lowest BCUT2D eigenvalue weighted by atomic mass is 9.78. The number of fused-ring (bicyclic) bond motifs is 14. The predicted octanol–water partition coefficient (Wildman–Crippen LogP) is -1.11. The molecule has 1 unspecified atom stereocenters. The third-order valence-corrected chi connectivity index (χ3v) is 25.5. The number of phenolic OH excluding ortho intramolecular Hbond substituents is 3. The van der Waals surface area contributed by atoms with Crippen molar-refractivity contribution in [1.82, 2.24) is 68.4 Å². The zero-order valence-corrected chi connectivity index (χ0v) is 84.7. The van der Waals surface area contributed by atoms with Crippen LogP contribution in [0.15, 0.2) is 41.2 Å². The van der Waals surface area contributed by atoms with E-state index in [0.717, 1.165) is 32.4 Å². The van der Waals surface area contributed by atoms with Gasteiger partial charge in [0.1, 0.15) is 83.8 Å². The number of hydrogen-bond acceptors (Lipinski definition) is 33. The van der Waals surface area contributed by atoms with Gasteiger partial charge in [0.2, 0.25) is 65.0 Å². The van der Waals surface area contributed by atoms with Gasteiger partial charge in [0, 0.05) is 100 Å². The summed E-state index contributed by atoms with van der Waals surface area (Å²) in [7, 11) is 3.42. The molecule has 5 aliphatic rings. The Morgan fingerprint density at radius 2 is 1.16 bits per heavy atom. The monoisotopic (exact) mass is 1990 g/mol. The Kier molecular flexibility index (Phi) is 49.2. The number of aromatic hydroxyl groups is 3. The van der Waals surface area contributed by atoms with Gasteiger partial charge in [0.15, 0.2) is 5.75 Å². The first-order valence-electron chi connectivity index (χ1n) is 48.6. The Hall–Kier alpha value is -11.3. The molecule has 5 heterocycles. The van der Waals surface area contributed by atoms with Crippen molar-refractivity contribution in [3.63, 3.8) is 0 Å². The van der Waals surface area contributed by atoms with E-state index in [2.05, 4.69) is 87.7 Å². The van der Waals surface area contributed by atoms with Crippen molar-refractivity contribution in [3.05, 3.63) is 52.8 Å². The predicted molar refractivity (Wildman–Crippen MR) is 526 cm³/mol. The van der Waals surface area contributed by atoms with E-state index in [9.17, 15) is 103 Å². The molecule has 0 saturated carbocycles. The topological polar surface area (TPSA) is 711 Å². The molecular formula is C96H158N20O25. The van der Waals surface area contributed by atoms with Gasteiger partial charge in [0.25, 0.3) is 11.7 Å². The number of phenols is 3. The number of aliphatic hydroxyl groups is 4. The van der Waals surface area contributed by atoms with Gasteiger partial charge in [-0.15, -0.1) is 0 Å². The highest BCUT2D eigenvalue weighted by atomic mass is 16.7. The summed E-state index contributed by atoms with van der Waals surface area (Å²) >= 11 is 0. The molecule has 2 aromatic carbocycles. The summed E-state index contributed by atoms with van der Waals surface area (Å²) in [4.78, 5) is 195. The maximum atomic E-state index is 14.4. The quantitative estimate of drug-likeness (QED) is 0.0132. The number of nitrogens with two attached hydrogens (primary N) is 5. The van der Waals surface area contributed by atoms with E-state index in [-0.39, 0.29) is 140 Å². The van der Waals surface area contributed by atoms with Crippen LogP contribution in [-0.2, 0) is 76.5 Å². The normalized spacial score (nSPS) is 27.0. The van der Waals surface area contributed by atoms with Crippen LogP contribution in [0.4, 0.5) is 5.69 Å². The van der Waals surface area contributed by atoms with Gasteiger partial charge < -0.3 is 152 Å². The van der Waals surface area contributed by atoms with Crippen LogP contribution in [0.1, 0.15) is 209 Å². The molecule has 141 heavy (non-hydrogen) atoms. The number of nitrogens with zero attached hydrogens (tertiary/aromatic N) is 3. The molecule has 0 radical (unpaired) electrons. The van der Waals surface area contributed by atoms with Gasteiger partial charge in [-0.05, 0) is 149 Å². The minimum atomic E-state index is -2.04. The summed E-state index contributed by atoms with van der Waals surface area (Å²) < 4.78 is 23.6. The number of likely N-dealkylation sites (N-methyl/N-ethyl adjacent to an activating group) is 1. The number of amides is 12. The molecule has 22 atom stereocenters. The number of rotatable bonds is 33. The second-order valence-electron chi connectivity index (χ2n) is 38.1. The zero-order valence-electron chi connectivity index (χ0n) is 84.7. The largest absolute Gasteiger partial charge is 0.507 e. The summed E-state index contributed by atoms with van der Waals surface area (Å²) in [5.41, 5.74) is 28.9. The first-order chi connectivity index (χ1) is 66.4. The number of nitrogens with one attached hydrogen (secondary N) is 12. The number of hydrazone groups is 1. The lowest BCUT2D eigenvalue weighted by molar-refractivity contribution is -0.160. The molecule has 12 amide bonds. The van der Waals surface area contributed by atoms with E-state index in [1.807, 2.05) is 7.05 Å². The van der Waals surface area contributed by atoms with E-state index >= 15 is 0 Å². The molecule has 5 aliphatic heterocycles. The standard InChI is InChI=1S/C53H100N16O13.C43H58N4O12/c1-9-30(6)12-10-11-13-41(72)60-33(14-20-54)48(77)69-43(32(8)71)53(82)65-36(17-23-57)45(74)64-38-19-25-59-52(81)42(31(7)70)68-49(78)37(18-24-58)62-44(73)34(15-21-55)63-50(79)39(26-28(2)3)67-51(80)40(27-29(4)5)66-46(75)35(16-22-56)61-47(38)76;1-21-12-11-13-22(2)42(55)45-33-28(20-44-47-17-15-46(9)16-18-47)37(52)30-31(38(33)53)36(51)26(6)40-32(30)41(54)43(8,59-40)57-19-14-29(56-10)23(3)39(58-27(7)48)25(5)35(50)24(4)34(21)49/h28-40,42-43,70-71H,9-27,54-58H2,1-8H3,(H,59,81)(H,60,72)(H,61,76)(H,62,73)(H,63,79)(H,64,74)(H,65,82)(H,66,75)(H,67,80)(H,68,78)(H,69,77);11-14,19-21,23-25,29,34-35,39,49-53H,15-18H2,1-10H3,(H,45,55)/b;12-11+,19-14+,22-13-,44-20+/t30?,31-,32-,33+,34+,35+,36+,37+,38+,39+,40-,42+,43+;21-,23+,24+,25+,29-,34-,35+,39+,43-/m10/s1. The van der Waals surface area contributed by atoms with E-state index in [1.165, 1.54) is 73.3 Å². The fourth-order valence-electron chi connectivity index (χ4n) is 16.7. The number of benzene rings is 2. The fraction of sp³-hybridized carbons (Fsp3) is 0.677. The third-order valence-electron chi connectivity index (χ3n) is 25.5. The van der Waals surface area contributed by atoms with Gasteiger partial charge in [-0.2, -0.15) is 5.10 Å². The Bertz CT molecular complexity index is 4720. The first kappa shape index (κ1) is 120. The summed E-state index contributed by atoms with van der Waals surface area (Å²) in [6, 6.07) is -14.5. The minimum absolute atomic E-state index is 0.0131. The van der Waals surface area contributed by atoms with Gasteiger partial charge in [-0.3, -0.25) is 72.1 Å². The van der Waals surface area contributed by atoms with Crippen LogP contribution in [0.5, 0.6) is 23.0 Å². The molecule has 7 rings (SSSR count). The number of Topliss-reactive ketones (excluding diaryl/α,β-unsaturated/α-hetero) is 1. The Morgan fingerprint density at radius 1 is 0.631 bits per heavy atom. The van der Waals surface area contributed by atoms with E-state index in [4.69, 9.17) is 47.6 Å². The second kappa shape index (κ2) is 57.7. The summed E-state index contributed by atoms with van der Waals surface area (Å²) in [6.45, 7) is 27.7. The minimum Gasteiger partial charge on any atom is -0.507 e. The van der Waals surface area contributed by atoms with Crippen LogP contribution in [0.25, 0.3) is 10.8 Å². The number of allylic oxidation sites excluding steroid dienone is 2. The number of unbranched alkanes of at least 4 members (excludes halogenated alkanes) is 1. The molecule has 2 fully saturated rings. The van der Waals surface area contributed by atoms with Crippen LogP contribution in [0, 0.1) is 48.3 Å². The van der Waals surface area contributed by atoms with Crippen LogP contribution < -0.4 is 97.2 Å². The summed E-state index contributed by atoms with van der Waals surface area (Å²) in [5.74, 6) is -17.8. The van der Waals surface area contributed by atoms with Crippen LogP contribution >= 0.6 is 0 Å². The lowest BCUT2D eigenvalue weighted by Crippen LogP contribution is -2.62. The van der Waals surface area contributed by atoms with Gasteiger partial charge >= 0.3 is 11.8 Å². The van der Waals surface area contributed by atoms with Crippen molar-refractivity contribution in [1.29, 1.82) is 0 Å². The first-order valence-corrected chi connectivity index (χ1v) is 48.6. The molecule has 5 bridgehead atoms. The number of esters is 1. The lowest BCUT2D eigenvalue weighted by Gasteiger charge is -2.38. The van der Waals surface area contributed by atoms with Crippen molar-refractivity contribution < 1.29 is 122 Å². The van der Waals surface area contributed by atoms with Crippen molar-refractivity contribution in [2.45, 2.75) is 297 Å². The van der Waals surface area contributed by atoms with Crippen molar-refractivity contribution in [2.75, 3.05) is 84.9 Å². The number of carbonyl (C=O) groups excluding carboxylic acids is 14. The molecule has 45 heteroatoms. The molecular weight excluding hydrogens is 1830 g/mol. The number of aliphatic hydroxyl groups excluding tert-OH is 4. The molecule has 0 aromatic heterocycles. The molecule has 0 aliphatic carbocycles. The average Bonchev–Trinajstić information content (AvgIpc) is 1.58.